The predicted molar refractivity (Wildman–Crippen MR) is 90.1 cm³/mol. The number of aryl methyl sites for hydroxylation is 1. The van der Waals surface area contributed by atoms with Crippen LogP contribution in [0.1, 0.15) is 15.9 Å². The summed E-state index contributed by atoms with van der Waals surface area (Å²) in [6.07, 6.45) is 2.00. The van der Waals surface area contributed by atoms with Crippen molar-refractivity contribution in [3.8, 4) is 0 Å². The summed E-state index contributed by atoms with van der Waals surface area (Å²) < 4.78 is 0.999. The first-order valence-electron chi connectivity index (χ1n) is 5.83. The Bertz CT molecular complexity index is 613. The Hall–Kier alpha value is -1.01. The highest BCUT2D eigenvalue weighted by atomic mass is 127. The van der Waals surface area contributed by atoms with Crippen LogP contribution < -0.4 is 5.32 Å². The molecular formula is C15H14INOS. The lowest BCUT2D eigenvalue weighted by atomic mass is 10.1. The molecule has 0 bridgehead atoms. The van der Waals surface area contributed by atoms with E-state index >= 15 is 0 Å². The Morgan fingerprint density at radius 2 is 1.89 bits per heavy atom. The zero-order valence-electron chi connectivity index (χ0n) is 10.7. The number of halogens is 1. The van der Waals surface area contributed by atoms with Crippen LogP contribution in [0, 0.1) is 10.5 Å². The zero-order valence-corrected chi connectivity index (χ0v) is 13.7. The van der Waals surface area contributed by atoms with Gasteiger partial charge in [0, 0.05) is 8.47 Å². The Morgan fingerprint density at radius 3 is 2.63 bits per heavy atom. The van der Waals surface area contributed by atoms with Gasteiger partial charge in [-0.15, -0.1) is 11.8 Å². The smallest absolute Gasteiger partial charge is 0.256 e. The number of para-hydroxylation sites is 1. The molecule has 98 valence electrons. The van der Waals surface area contributed by atoms with Crippen LogP contribution in [-0.2, 0) is 0 Å². The summed E-state index contributed by atoms with van der Waals surface area (Å²) in [6.45, 7) is 2.01. The molecule has 1 N–H and O–H groups in total. The van der Waals surface area contributed by atoms with Crippen molar-refractivity contribution in [1.82, 2.24) is 0 Å². The number of carbonyl (C=O) groups is 1. The molecule has 0 radical (unpaired) electrons. The fourth-order valence-corrected chi connectivity index (χ4v) is 2.92. The maximum absolute atomic E-state index is 12.3. The summed E-state index contributed by atoms with van der Waals surface area (Å²) in [4.78, 5) is 13.4. The summed E-state index contributed by atoms with van der Waals surface area (Å²) >= 11 is 3.84. The quantitative estimate of drug-likeness (QED) is 0.621. The van der Waals surface area contributed by atoms with Crippen LogP contribution in [0.5, 0.6) is 0 Å². The van der Waals surface area contributed by atoms with Crippen LogP contribution >= 0.6 is 34.4 Å². The van der Waals surface area contributed by atoms with Crippen molar-refractivity contribution in [3.63, 3.8) is 0 Å². The Labute approximate surface area is 131 Å². The van der Waals surface area contributed by atoms with Gasteiger partial charge in [0.25, 0.3) is 5.91 Å². The van der Waals surface area contributed by atoms with Gasteiger partial charge in [-0.2, -0.15) is 0 Å². The Kier molecular flexibility index (Phi) is 4.87. The second kappa shape index (κ2) is 6.43. The van der Waals surface area contributed by atoms with Crippen LogP contribution in [-0.4, -0.2) is 12.2 Å². The van der Waals surface area contributed by atoms with Gasteiger partial charge in [-0.3, -0.25) is 4.79 Å². The summed E-state index contributed by atoms with van der Waals surface area (Å²) in [5.41, 5.74) is 2.69. The highest BCUT2D eigenvalue weighted by Crippen LogP contribution is 2.26. The molecule has 0 spiro atoms. The van der Waals surface area contributed by atoms with Gasteiger partial charge in [0.1, 0.15) is 0 Å². The van der Waals surface area contributed by atoms with Crippen LogP contribution in [0.15, 0.2) is 47.4 Å². The molecule has 0 aliphatic rings. The third-order valence-electron chi connectivity index (χ3n) is 2.79. The monoisotopic (exact) mass is 383 g/mol. The van der Waals surface area contributed by atoms with Crippen molar-refractivity contribution in [2.45, 2.75) is 11.8 Å². The lowest BCUT2D eigenvalue weighted by Crippen LogP contribution is -2.14. The van der Waals surface area contributed by atoms with Gasteiger partial charge in [-0.1, -0.05) is 24.3 Å². The van der Waals surface area contributed by atoms with Gasteiger partial charge < -0.3 is 5.32 Å². The molecule has 0 aliphatic carbocycles. The molecule has 0 atom stereocenters. The van der Waals surface area contributed by atoms with E-state index in [0.717, 1.165) is 25.3 Å². The zero-order chi connectivity index (χ0) is 13.8. The fraction of sp³-hybridized carbons (Fsp3) is 0.133. The molecule has 0 aromatic heterocycles. The molecule has 1 amide bonds. The minimum atomic E-state index is -0.0606. The highest BCUT2D eigenvalue weighted by Gasteiger charge is 2.12. The Balaban J connectivity index is 2.28. The molecule has 0 aliphatic heterocycles. The number of amides is 1. The van der Waals surface area contributed by atoms with Gasteiger partial charge in [0.05, 0.1) is 11.3 Å². The van der Waals surface area contributed by atoms with E-state index in [4.69, 9.17) is 0 Å². The van der Waals surface area contributed by atoms with Gasteiger partial charge in [0.2, 0.25) is 0 Å². The molecule has 0 saturated carbocycles. The van der Waals surface area contributed by atoms with Crippen LogP contribution in [0.4, 0.5) is 5.69 Å². The minimum absolute atomic E-state index is 0.0606. The van der Waals surface area contributed by atoms with Crippen molar-refractivity contribution < 1.29 is 4.79 Å². The highest BCUT2D eigenvalue weighted by molar-refractivity contribution is 14.1. The van der Waals surface area contributed by atoms with Crippen molar-refractivity contribution in [3.05, 3.63) is 57.2 Å². The van der Waals surface area contributed by atoms with E-state index in [1.54, 1.807) is 11.8 Å². The largest absolute Gasteiger partial charge is 0.321 e. The van der Waals surface area contributed by atoms with Crippen LogP contribution in [0.25, 0.3) is 0 Å². The number of rotatable bonds is 3. The number of hydrogen-bond acceptors (Lipinski definition) is 2. The van der Waals surface area contributed by atoms with Crippen molar-refractivity contribution in [1.29, 1.82) is 0 Å². The van der Waals surface area contributed by atoms with Gasteiger partial charge in [0.15, 0.2) is 0 Å². The average Bonchev–Trinajstić information content (AvgIpc) is 2.42. The molecule has 2 rings (SSSR count). The van der Waals surface area contributed by atoms with Crippen molar-refractivity contribution >= 4 is 45.9 Å². The fourth-order valence-electron chi connectivity index (χ4n) is 1.76. The van der Waals surface area contributed by atoms with E-state index < -0.39 is 0 Å². The summed E-state index contributed by atoms with van der Waals surface area (Å²) in [5, 5.41) is 2.98. The SMILES string of the molecule is CSc1ccccc1NC(=O)c1cccc(C)c1I. The maximum atomic E-state index is 12.3. The molecular weight excluding hydrogens is 369 g/mol. The average molecular weight is 383 g/mol. The van der Waals surface area contributed by atoms with Gasteiger partial charge >= 0.3 is 0 Å². The third kappa shape index (κ3) is 3.30. The van der Waals surface area contributed by atoms with E-state index in [1.165, 1.54) is 0 Å². The third-order valence-corrected chi connectivity index (χ3v) is 5.02. The maximum Gasteiger partial charge on any atom is 0.256 e. The van der Waals surface area contributed by atoms with Crippen LogP contribution in [0.3, 0.4) is 0 Å². The number of hydrogen-bond donors (Lipinski definition) is 1. The van der Waals surface area contributed by atoms with E-state index in [-0.39, 0.29) is 5.91 Å². The molecule has 0 fully saturated rings. The molecule has 2 nitrogen and oxygen atoms in total. The van der Waals surface area contributed by atoms with E-state index in [9.17, 15) is 4.79 Å². The summed E-state index contributed by atoms with van der Waals surface area (Å²) in [7, 11) is 0. The Morgan fingerprint density at radius 1 is 1.16 bits per heavy atom. The second-order valence-corrected chi connectivity index (χ2v) is 6.02. The molecule has 19 heavy (non-hydrogen) atoms. The topological polar surface area (TPSA) is 29.1 Å². The molecule has 0 unspecified atom stereocenters. The lowest BCUT2D eigenvalue weighted by Gasteiger charge is -2.11. The molecule has 0 heterocycles. The minimum Gasteiger partial charge on any atom is -0.321 e. The number of nitrogens with one attached hydrogen (secondary N) is 1. The number of anilines is 1. The number of benzene rings is 2. The van der Waals surface area contributed by atoms with Gasteiger partial charge in [-0.05, 0) is 59.5 Å². The van der Waals surface area contributed by atoms with Crippen molar-refractivity contribution in [2.75, 3.05) is 11.6 Å². The molecule has 0 saturated heterocycles. The number of thioether (sulfide) groups is 1. The van der Waals surface area contributed by atoms with Crippen LogP contribution in [0.2, 0.25) is 0 Å². The first-order chi connectivity index (χ1) is 9.13. The normalized spacial score (nSPS) is 10.3. The van der Waals surface area contributed by atoms with Crippen molar-refractivity contribution in [2.24, 2.45) is 0 Å². The predicted octanol–water partition coefficient (Wildman–Crippen LogP) is 4.57. The van der Waals surface area contributed by atoms with Gasteiger partial charge in [-0.25, -0.2) is 0 Å². The van der Waals surface area contributed by atoms with E-state index in [0.29, 0.717) is 0 Å². The molecule has 4 heteroatoms. The molecule has 2 aromatic rings. The van der Waals surface area contributed by atoms with E-state index in [1.807, 2.05) is 55.6 Å². The van der Waals surface area contributed by atoms with E-state index in [2.05, 4.69) is 27.9 Å². The first kappa shape index (κ1) is 14.4. The molecule has 2 aromatic carbocycles. The first-order valence-corrected chi connectivity index (χ1v) is 8.13. The lowest BCUT2D eigenvalue weighted by molar-refractivity contribution is 0.102. The summed E-state index contributed by atoms with van der Waals surface area (Å²) in [6, 6.07) is 13.6. The standard InChI is InChI=1S/C15H14INOS/c1-10-6-5-7-11(14(10)16)15(18)17-12-8-3-4-9-13(12)19-2/h3-9H,1-2H3,(H,17,18). The summed E-state index contributed by atoms with van der Waals surface area (Å²) in [5.74, 6) is -0.0606. The second-order valence-electron chi connectivity index (χ2n) is 4.09. The number of carbonyl (C=O) groups excluding carboxylic acids is 1.